The predicted molar refractivity (Wildman–Crippen MR) is 116 cm³/mol. The lowest BCUT2D eigenvalue weighted by Crippen LogP contribution is -2.23. The second kappa shape index (κ2) is 9.50. The Hall–Kier alpha value is -3.67. The Bertz CT molecular complexity index is 989. The fraction of sp³-hybridized carbons (Fsp3) is 0.174. The highest BCUT2D eigenvalue weighted by molar-refractivity contribution is 6.05. The molecule has 0 radical (unpaired) electrons. The van der Waals surface area contributed by atoms with Gasteiger partial charge in [0.05, 0.1) is 0 Å². The lowest BCUT2D eigenvalue weighted by atomic mass is 10.2. The third-order valence-electron chi connectivity index (χ3n) is 4.37. The maximum atomic E-state index is 12.7. The van der Waals surface area contributed by atoms with Gasteiger partial charge in [-0.05, 0) is 42.8 Å². The third kappa shape index (κ3) is 5.65. The van der Waals surface area contributed by atoms with E-state index >= 15 is 0 Å². The number of nitrogens with one attached hydrogen (secondary N) is 2. The summed E-state index contributed by atoms with van der Waals surface area (Å²) in [6.45, 7) is 4.99. The van der Waals surface area contributed by atoms with Gasteiger partial charge in [0.2, 0.25) is 5.91 Å². The van der Waals surface area contributed by atoms with E-state index in [4.69, 9.17) is 0 Å². The van der Waals surface area contributed by atoms with Gasteiger partial charge >= 0.3 is 0 Å². The first-order valence-corrected chi connectivity index (χ1v) is 9.49. The summed E-state index contributed by atoms with van der Waals surface area (Å²) in [6.07, 6.45) is 1.64. The van der Waals surface area contributed by atoms with E-state index in [1.165, 1.54) is 12.5 Å². The van der Waals surface area contributed by atoms with Crippen LogP contribution in [0.1, 0.15) is 29.8 Å². The average molecular weight is 388 g/mol. The molecular formula is C23H24N4O2. The number of amides is 2. The van der Waals surface area contributed by atoms with Crippen LogP contribution in [0.15, 0.2) is 72.9 Å². The van der Waals surface area contributed by atoms with Crippen LogP contribution in [0.25, 0.3) is 0 Å². The van der Waals surface area contributed by atoms with Crippen molar-refractivity contribution in [2.24, 2.45) is 0 Å². The van der Waals surface area contributed by atoms with Crippen molar-refractivity contribution < 1.29 is 9.59 Å². The van der Waals surface area contributed by atoms with Crippen molar-refractivity contribution in [1.82, 2.24) is 4.98 Å². The smallest absolute Gasteiger partial charge is 0.255 e. The number of benzene rings is 2. The van der Waals surface area contributed by atoms with Gasteiger partial charge in [-0.2, -0.15) is 0 Å². The summed E-state index contributed by atoms with van der Waals surface area (Å²) >= 11 is 0. The Kier molecular flexibility index (Phi) is 6.58. The largest absolute Gasteiger partial charge is 0.353 e. The van der Waals surface area contributed by atoms with Crippen LogP contribution in [0.4, 0.5) is 17.2 Å². The molecular weight excluding hydrogens is 364 g/mol. The molecule has 0 unspecified atom stereocenters. The fourth-order valence-corrected chi connectivity index (χ4v) is 2.97. The zero-order valence-electron chi connectivity index (χ0n) is 16.6. The molecule has 29 heavy (non-hydrogen) atoms. The topological polar surface area (TPSA) is 74.3 Å². The molecule has 1 heterocycles. The Morgan fingerprint density at radius 2 is 1.66 bits per heavy atom. The van der Waals surface area contributed by atoms with Crippen LogP contribution in [0.3, 0.4) is 0 Å². The predicted octanol–water partition coefficient (Wildman–Crippen LogP) is 4.32. The Morgan fingerprint density at radius 3 is 2.34 bits per heavy atom. The monoisotopic (exact) mass is 388 g/mol. The first-order chi connectivity index (χ1) is 14.0. The number of rotatable bonds is 7. The first-order valence-electron chi connectivity index (χ1n) is 9.49. The summed E-state index contributed by atoms with van der Waals surface area (Å²) in [5, 5.41) is 5.58. The Balaban J connectivity index is 1.74. The van der Waals surface area contributed by atoms with Crippen LogP contribution >= 0.6 is 0 Å². The lowest BCUT2D eigenvalue weighted by Gasteiger charge is -2.22. The molecule has 2 aromatic carbocycles. The van der Waals surface area contributed by atoms with Crippen molar-refractivity contribution in [3.8, 4) is 0 Å². The van der Waals surface area contributed by atoms with Gasteiger partial charge in [0.25, 0.3) is 5.91 Å². The van der Waals surface area contributed by atoms with Crippen LogP contribution in [-0.4, -0.2) is 23.3 Å². The van der Waals surface area contributed by atoms with E-state index in [1.54, 1.807) is 42.6 Å². The first kappa shape index (κ1) is 20.1. The lowest BCUT2D eigenvalue weighted by molar-refractivity contribution is -0.114. The number of carbonyl (C=O) groups is 2. The van der Waals surface area contributed by atoms with E-state index in [0.29, 0.717) is 23.5 Å². The fourth-order valence-electron chi connectivity index (χ4n) is 2.97. The molecule has 0 saturated heterocycles. The summed E-state index contributed by atoms with van der Waals surface area (Å²) in [5.74, 6) is 0.353. The molecule has 0 bridgehead atoms. The maximum absolute atomic E-state index is 12.7. The molecule has 6 heteroatoms. The number of hydrogen-bond acceptors (Lipinski definition) is 4. The zero-order chi connectivity index (χ0) is 20.6. The molecule has 2 N–H and O–H groups in total. The van der Waals surface area contributed by atoms with Gasteiger partial charge in [0, 0.05) is 43.1 Å². The SMILES string of the molecule is CCN(Cc1ccccc1)c1cc(C(=O)Nc2cccc(NC(C)=O)c2)ccn1. The highest BCUT2D eigenvalue weighted by Gasteiger charge is 2.12. The molecule has 0 saturated carbocycles. The van der Waals surface area contributed by atoms with E-state index in [-0.39, 0.29) is 11.8 Å². The minimum absolute atomic E-state index is 0.162. The van der Waals surface area contributed by atoms with Crippen LogP contribution < -0.4 is 15.5 Å². The number of anilines is 3. The summed E-state index contributed by atoms with van der Waals surface area (Å²) in [7, 11) is 0. The molecule has 1 aromatic heterocycles. The van der Waals surface area contributed by atoms with Gasteiger partial charge in [-0.1, -0.05) is 36.4 Å². The minimum atomic E-state index is -0.232. The quantitative estimate of drug-likeness (QED) is 0.632. The molecule has 0 aliphatic heterocycles. The number of aromatic nitrogens is 1. The Labute approximate surface area is 170 Å². The summed E-state index contributed by atoms with van der Waals surface area (Å²) in [4.78, 5) is 30.5. The zero-order valence-corrected chi connectivity index (χ0v) is 16.6. The van der Waals surface area contributed by atoms with Crippen molar-refractivity contribution in [2.45, 2.75) is 20.4 Å². The highest BCUT2D eigenvalue weighted by atomic mass is 16.2. The molecule has 6 nitrogen and oxygen atoms in total. The van der Waals surface area contributed by atoms with Crippen molar-refractivity contribution in [3.63, 3.8) is 0 Å². The van der Waals surface area contributed by atoms with Crippen LogP contribution in [0.2, 0.25) is 0 Å². The maximum Gasteiger partial charge on any atom is 0.255 e. The number of pyridine rings is 1. The Morgan fingerprint density at radius 1 is 0.931 bits per heavy atom. The van der Waals surface area contributed by atoms with Crippen molar-refractivity contribution >= 4 is 29.0 Å². The van der Waals surface area contributed by atoms with Gasteiger partial charge in [-0.15, -0.1) is 0 Å². The molecule has 0 fully saturated rings. The van der Waals surface area contributed by atoms with E-state index in [9.17, 15) is 9.59 Å². The number of carbonyl (C=O) groups excluding carboxylic acids is 2. The normalized spacial score (nSPS) is 10.3. The average Bonchev–Trinajstić information content (AvgIpc) is 2.72. The molecule has 3 aromatic rings. The number of nitrogens with zero attached hydrogens (tertiary/aromatic N) is 2. The standard InChI is InChI=1S/C23H24N4O2/c1-3-27(16-18-8-5-4-6-9-18)22-14-19(12-13-24-22)23(29)26-21-11-7-10-20(15-21)25-17(2)28/h4-15H,3,16H2,1-2H3,(H,25,28)(H,26,29). The number of hydrogen-bond donors (Lipinski definition) is 2. The summed E-state index contributed by atoms with van der Waals surface area (Å²) < 4.78 is 0. The third-order valence-corrected chi connectivity index (χ3v) is 4.37. The minimum Gasteiger partial charge on any atom is -0.353 e. The highest BCUT2D eigenvalue weighted by Crippen LogP contribution is 2.19. The van der Waals surface area contributed by atoms with E-state index in [0.717, 1.165) is 12.4 Å². The van der Waals surface area contributed by atoms with Gasteiger partial charge in [0.15, 0.2) is 0 Å². The van der Waals surface area contributed by atoms with Gasteiger partial charge in [0.1, 0.15) is 5.82 Å². The summed E-state index contributed by atoms with van der Waals surface area (Å²) in [5.41, 5.74) is 2.94. The van der Waals surface area contributed by atoms with Gasteiger partial charge in [-0.25, -0.2) is 4.98 Å². The summed E-state index contributed by atoms with van der Waals surface area (Å²) in [6, 6.07) is 20.7. The molecule has 0 spiro atoms. The van der Waals surface area contributed by atoms with E-state index < -0.39 is 0 Å². The van der Waals surface area contributed by atoms with Crippen LogP contribution in [0.5, 0.6) is 0 Å². The molecule has 2 amide bonds. The molecule has 148 valence electrons. The van der Waals surface area contributed by atoms with Gasteiger partial charge in [-0.3, -0.25) is 9.59 Å². The van der Waals surface area contributed by atoms with E-state index in [1.807, 2.05) is 18.2 Å². The second-order valence-electron chi connectivity index (χ2n) is 6.62. The molecule has 3 rings (SSSR count). The second-order valence-corrected chi connectivity index (χ2v) is 6.62. The van der Waals surface area contributed by atoms with E-state index in [2.05, 4.69) is 39.6 Å². The van der Waals surface area contributed by atoms with Crippen molar-refractivity contribution in [3.05, 3.63) is 84.1 Å². The van der Waals surface area contributed by atoms with Gasteiger partial charge < -0.3 is 15.5 Å². The van der Waals surface area contributed by atoms with Crippen molar-refractivity contribution in [1.29, 1.82) is 0 Å². The van der Waals surface area contributed by atoms with Crippen LogP contribution in [0, 0.1) is 0 Å². The van der Waals surface area contributed by atoms with Crippen LogP contribution in [-0.2, 0) is 11.3 Å². The molecule has 0 aliphatic rings. The molecule has 0 aliphatic carbocycles. The van der Waals surface area contributed by atoms with Crippen molar-refractivity contribution in [2.75, 3.05) is 22.1 Å². The molecule has 0 atom stereocenters.